The number of benzene rings is 1. The first-order chi connectivity index (χ1) is 11.2. The Balaban J connectivity index is 1.53. The lowest BCUT2D eigenvalue weighted by Crippen LogP contribution is -2.53. The first-order valence-electron chi connectivity index (χ1n) is 8.49. The zero-order valence-electron chi connectivity index (χ0n) is 13.4. The Morgan fingerprint density at radius 1 is 1.13 bits per heavy atom. The van der Waals surface area contributed by atoms with Crippen molar-refractivity contribution in [3.8, 4) is 0 Å². The molecule has 3 rings (SSSR count). The van der Waals surface area contributed by atoms with Crippen LogP contribution in [0.15, 0.2) is 30.3 Å². The van der Waals surface area contributed by atoms with E-state index in [4.69, 9.17) is 4.74 Å². The molecule has 2 heterocycles. The van der Waals surface area contributed by atoms with E-state index in [2.05, 4.69) is 0 Å². The van der Waals surface area contributed by atoms with Gasteiger partial charge in [-0.1, -0.05) is 30.3 Å². The van der Waals surface area contributed by atoms with Crippen molar-refractivity contribution in [2.24, 2.45) is 0 Å². The third-order valence-electron chi connectivity index (χ3n) is 4.66. The molecule has 23 heavy (non-hydrogen) atoms. The standard InChI is InChI=1S/C18H24N2O3/c21-17-10-4-5-12-20(17)16-9-6-11-19(13-16)18(22)23-14-15-7-2-1-3-8-15/h1-3,7-8,16H,4-6,9-14H2/t16-/m1/s1. The summed E-state index contributed by atoms with van der Waals surface area (Å²) in [5.41, 5.74) is 0.987. The Morgan fingerprint density at radius 3 is 2.74 bits per heavy atom. The van der Waals surface area contributed by atoms with Crippen molar-refractivity contribution in [3.05, 3.63) is 35.9 Å². The molecule has 2 aliphatic heterocycles. The van der Waals surface area contributed by atoms with E-state index in [0.29, 0.717) is 26.1 Å². The monoisotopic (exact) mass is 316 g/mol. The molecule has 1 aromatic carbocycles. The van der Waals surface area contributed by atoms with Gasteiger partial charge in [0.15, 0.2) is 0 Å². The highest BCUT2D eigenvalue weighted by Gasteiger charge is 2.32. The Hall–Kier alpha value is -2.04. The quantitative estimate of drug-likeness (QED) is 0.861. The van der Waals surface area contributed by atoms with E-state index in [0.717, 1.165) is 37.8 Å². The molecule has 0 saturated carbocycles. The molecule has 1 atom stereocenters. The van der Waals surface area contributed by atoms with Crippen LogP contribution in [0.5, 0.6) is 0 Å². The SMILES string of the molecule is O=C(OCc1ccccc1)N1CCC[C@@H](N2CCCCC2=O)C1. The second-order valence-electron chi connectivity index (χ2n) is 6.33. The molecule has 0 N–H and O–H groups in total. The Morgan fingerprint density at radius 2 is 1.96 bits per heavy atom. The van der Waals surface area contributed by atoms with Gasteiger partial charge in [-0.2, -0.15) is 0 Å². The van der Waals surface area contributed by atoms with E-state index in [9.17, 15) is 9.59 Å². The van der Waals surface area contributed by atoms with Crippen LogP contribution in [0.2, 0.25) is 0 Å². The number of hydrogen-bond donors (Lipinski definition) is 0. The molecule has 0 aromatic heterocycles. The minimum Gasteiger partial charge on any atom is -0.445 e. The van der Waals surface area contributed by atoms with E-state index >= 15 is 0 Å². The van der Waals surface area contributed by atoms with Crippen LogP contribution in [0.4, 0.5) is 4.79 Å². The van der Waals surface area contributed by atoms with Crippen LogP contribution in [-0.2, 0) is 16.1 Å². The number of nitrogens with zero attached hydrogens (tertiary/aromatic N) is 2. The van der Waals surface area contributed by atoms with Crippen LogP contribution in [0, 0.1) is 0 Å². The number of ether oxygens (including phenoxy) is 1. The zero-order valence-corrected chi connectivity index (χ0v) is 13.4. The average Bonchev–Trinajstić information content (AvgIpc) is 2.61. The molecular weight excluding hydrogens is 292 g/mol. The van der Waals surface area contributed by atoms with Gasteiger partial charge in [0.2, 0.25) is 5.91 Å². The fraction of sp³-hybridized carbons (Fsp3) is 0.556. The van der Waals surface area contributed by atoms with Crippen LogP contribution < -0.4 is 0 Å². The molecule has 5 heteroatoms. The summed E-state index contributed by atoms with van der Waals surface area (Å²) < 4.78 is 5.41. The van der Waals surface area contributed by atoms with Crippen molar-refractivity contribution in [1.29, 1.82) is 0 Å². The third-order valence-corrected chi connectivity index (χ3v) is 4.66. The van der Waals surface area contributed by atoms with Gasteiger partial charge in [-0.15, -0.1) is 0 Å². The van der Waals surface area contributed by atoms with Crippen LogP contribution >= 0.6 is 0 Å². The molecule has 0 unspecified atom stereocenters. The summed E-state index contributed by atoms with van der Waals surface area (Å²) >= 11 is 0. The van der Waals surface area contributed by atoms with Gasteiger partial charge < -0.3 is 14.5 Å². The zero-order chi connectivity index (χ0) is 16.1. The number of carbonyl (C=O) groups is 2. The van der Waals surface area contributed by atoms with Crippen molar-refractivity contribution < 1.29 is 14.3 Å². The maximum atomic E-state index is 12.3. The average molecular weight is 316 g/mol. The fourth-order valence-electron chi connectivity index (χ4n) is 3.40. The number of likely N-dealkylation sites (tertiary alicyclic amines) is 2. The normalized spacial score (nSPS) is 22.1. The van der Waals surface area contributed by atoms with Gasteiger partial charge in [-0.25, -0.2) is 4.79 Å². The van der Waals surface area contributed by atoms with E-state index in [1.165, 1.54) is 0 Å². The Kier molecular flexibility index (Phi) is 5.16. The van der Waals surface area contributed by atoms with Gasteiger partial charge in [0.25, 0.3) is 0 Å². The van der Waals surface area contributed by atoms with E-state index in [1.54, 1.807) is 4.90 Å². The first kappa shape index (κ1) is 15.8. The van der Waals surface area contributed by atoms with Gasteiger partial charge in [0, 0.05) is 32.1 Å². The van der Waals surface area contributed by atoms with Gasteiger partial charge >= 0.3 is 6.09 Å². The second-order valence-corrected chi connectivity index (χ2v) is 6.33. The number of hydrogen-bond acceptors (Lipinski definition) is 3. The molecule has 2 saturated heterocycles. The van der Waals surface area contributed by atoms with Crippen molar-refractivity contribution in [2.45, 2.75) is 44.8 Å². The topological polar surface area (TPSA) is 49.9 Å². The highest BCUT2D eigenvalue weighted by Crippen LogP contribution is 2.21. The number of piperidine rings is 2. The van der Waals surface area contributed by atoms with Crippen molar-refractivity contribution in [2.75, 3.05) is 19.6 Å². The minimum atomic E-state index is -0.275. The van der Waals surface area contributed by atoms with E-state index in [-0.39, 0.29) is 18.0 Å². The molecule has 2 fully saturated rings. The van der Waals surface area contributed by atoms with Crippen LogP contribution in [-0.4, -0.2) is 47.5 Å². The van der Waals surface area contributed by atoms with Crippen molar-refractivity contribution in [3.63, 3.8) is 0 Å². The summed E-state index contributed by atoms with van der Waals surface area (Å²) in [4.78, 5) is 28.1. The van der Waals surface area contributed by atoms with E-state index < -0.39 is 0 Å². The molecule has 0 aliphatic carbocycles. The van der Waals surface area contributed by atoms with Crippen molar-refractivity contribution >= 4 is 12.0 Å². The number of rotatable bonds is 3. The highest BCUT2D eigenvalue weighted by atomic mass is 16.6. The molecule has 5 nitrogen and oxygen atoms in total. The molecule has 124 valence electrons. The van der Waals surface area contributed by atoms with Crippen LogP contribution in [0.3, 0.4) is 0 Å². The predicted octanol–water partition coefficient (Wildman–Crippen LogP) is 2.80. The summed E-state index contributed by atoms with van der Waals surface area (Å²) in [5, 5.41) is 0. The van der Waals surface area contributed by atoms with Crippen LogP contribution in [0.1, 0.15) is 37.7 Å². The van der Waals surface area contributed by atoms with Gasteiger partial charge in [0.1, 0.15) is 6.61 Å². The smallest absolute Gasteiger partial charge is 0.410 e. The molecule has 1 aromatic rings. The Bertz CT molecular complexity index is 546. The molecule has 2 amide bonds. The third kappa shape index (κ3) is 4.03. The largest absolute Gasteiger partial charge is 0.445 e. The molecular formula is C18H24N2O3. The van der Waals surface area contributed by atoms with Crippen molar-refractivity contribution in [1.82, 2.24) is 9.80 Å². The molecule has 2 aliphatic rings. The number of amides is 2. The summed E-state index contributed by atoms with van der Waals surface area (Å²) in [5.74, 6) is 0.237. The summed E-state index contributed by atoms with van der Waals surface area (Å²) in [6.45, 7) is 2.44. The van der Waals surface area contributed by atoms with E-state index in [1.807, 2.05) is 35.2 Å². The second kappa shape index (κ2) is 7.49. The minimum absolute atomic E-state index is 0.154. The molecule has 0 bridgehead atoms. The summed E-state index contributed by atoms with van der Waals surface area (Å²) in [6, 6.07) is 9.85. The first-order valence-corrected chi connectivity index (χ1v) is 8.49. The summed E-state index contributed by atoms with van der Waals surface area (Å²) in [7, 11) is 0. The van der Waals surface area contributed by atoms with Gasteiger partial charge in [0.05, 0.1) is 0 Å². The van der Waals surface area contributed by atoms with Gasteiger partial charge in [-0.05, 0) is 31.2 Å². The number of carbonyl (C=O) groups excluding carboxylic acids is 2. The summed E-state index contributed by atoms with van der Waals surface area (Å²) in [6.07, 6.45) is 4.34. The molecule has 0 radical (unpaired) electrons. The predicted molar refractivity (Wildman–Crippen MR) is 86.8 cm³/mol. The fourth-order valence-corrected chi connectivity index (χ4v) is 3.40. The van der Waals surface area contributed by atoms with Crippen LogP contribution in [0.25, 0.3) is 0 Å². The highest BCUT2D eigenvalue weighted by molar-refractivity contribution is 5.77. The Labute approximate surface area is 137 Å². The van der Waals surface area contributed by atoms with Gasteiger partial charge in [-0.3, -0.25) is 4.79 Å². The lowest BCUT2D eigenvalue weighted by molar-refractivity contribution is -0.136. The lowest BCUT2D eigenvalue weighted by Gasteiger charge is -2.40. The maximum Gasteiger partial charge on any atom is 0.410 e. The molecule has 0 spiro atoms. The lowest BCUT2D eigenvalue weighted by atomic mass is 10.0. The maximum absolute atomic E-state index is 12.3.